The van der Waals surface area contributed by atoms with Crippen LogP contribution in [0.3, 0.4) is 0 Å². The average Bonchev–Trinajstić information content (AvgIpc) is 2.47. The van der Waals surface area contributed by atoms with E-state index in [1.54, 1.807) is 24.3 Å². The normalized spacial score (nSPS) is 9.95. The van der Waals surface area contributed by atoms with E-state index in [1.165, 1.54) is 25.3 Å². The van der Waals surface area contributed by atoms with Crippen molar-refractivity contribution in [3.05, 3.63) is 58.1 Å². The standard InChI is InChI=1S/C14H13N3O4/c1-21-13-7-6-11(8-12(13)17(19)20)16-14(18)9-2-4-10(15)5-3-9/h2-8H,15H2,1H3,(H,16,18). The molecule has 0 aromatic heterocycles. The molecule has 2 rings (SSSR count). The molecule has 0 aliphatic carbocycles. The number of nitrogens with two attached hydrogens (primary N) is 1. The molecule has 0 bridgehead atoms. The molecule has 0 saturated carbocycles. The van der Waals surface area contributed by atoms with E-state index < -0.39 is 4.92 Å². The van der Waals surface area contributed by atoms with Crippen molar-refractivity contribution in [2.45, 2.75) is 0 Å². The fourth-order valence-corrected chi connectivity index (χ4v) is 1.75. The van der Waals surface area contributed by atoms with Gasteiger partial charge in [-0.15, -0.1) is 0 Å². The molecule has 0 spiro atoms. The van der Waals surface area contributed by atoms with Gasteiger partial charge in [-0.05, 0) is 36.4 Å². The average molecular weight is 287 g/mol. The Balaban J connectivity index is 2.23. The minimum Gasteiger partial charge on any atom is -0.490 e. The van der Waals surface area contributed by atoms with E-state index in [9.17, 15) is 14.9 Å². The fourth-order valence-electron chi connectivity index (χ4n) is 1.75. The van der Waals surface area contributed by atoms with Crippen LogP contribution in [0, 0.1) is 10.1 Å². The molecular formula is C14H13N3O4. The summed E-state index contributed by atoms with van der Waals surface area (Å²) in [6, 6.07) is 10.5. The highest BCUT2D eigenvalue weighted by molar-refractivity contribution is 6.04. The molecule has 2 aromatic rings. The van der Waals surface area contributed by atoms with Crippen LogP contribution < -0.4 is 15.8 Å². The minimum absolute atomic E-state index is 0.130. The van der Waals surface area contributed by atoms with Gasteiger partial charge in [0.05, 0.1) is 12.0 Å². The summed E-state index contributed by atoms with van der Waals surface area (Å²) in [5.74, 6) is -0.250. The van der Waals surface area contributed by atoms with E-state index in [0.29, 0.717) is 16.9 Å². The number of hydrogen-bond donors (Lipinski definition) is 2. The molecule has 7 heteroatoms. The number of nitro groups is 1. The first kappa shape index (κ1) is 14.3. The Morgan fingerprint density at radius 1 is 1.24 bits per heavy atom. The van der Waals surface area contributed by atoms with Gasteiger partial charge in [-0.3, -0.25) is 14.9 Å². The molecule has 0 unspecified atom stereocenters. The molecule has 0 saturated heterocycles. The van der Waals surface area contributed by atoms with Gasteiger partial charge in [-0.25, -0.2) is 0 Å². The number of benzene rings is 2. The number of ether oxygens (including phenoxy) is 1. The van der Waals surface area contributed by atoms with Crippen molar-refractivity contribution in [1.29, 1.82) is 0 Å². The molecule has 0 aliphatic rings. The number of carbonyl (C=O) groups is 1. The van der Waals surface area contributed by atoms with Crippen molar-refractivity contribution < 1.29 is 14.5 Å². The highest BCUT2D eigenvalue weighted by atomic mass is 16.6. The highest BCUT2D eigenvalue weighted by Gasteiger charge is 2.16. The van der Waals surface area contributed by atoms with Crippen LogP contribution in [0.2, 0.25) is 0 Å². The second-order valence-electron chi connectivity index (χ2n) is 4.22. The smallest absolute Gasteiger partial charge is 0.312 e. The first-order valence-electron chi connectivity index (χ1n) is 6.00. The third-order valence-corrected chi connectivity index (χ3v) is 2.81. The number of nitrogen functional groups attached to an aromatic ring is 1. The maximum atomic E-state index is 12.0. The van der Waals surface area contributed by atoms with E-state index in [-0.39, 0.29) is 17.3 Å². The lowest BCUT2D eigenvalue weighted by Crippen LogP contribution is -2.12. The van der Waals surface area contributed by atoms with Gasteiger partial charge < -0.3 is 15.8 Å². The Kier molecular flexibility index (Phi) is 4.03. The van der Waals surface area contributed by atoms with E-state index in [1.807, 2.05) is 0 Å². The number of nitrogens with zero attached hydrogens (tertiary/aromatic N) is 1. The monoisotopic (exact) mass is 287 g/mol. The second-order valence-corrected chi connectivity index (χ2v) is 4.22. The van der Waals surface area contributed by atoms with Gasteiger partial charge in [0.25, 0.3) is 5.91 Å². The lowest BCUT2D eigenvalue weighted by Gasteiger charge is -2.07. The van der Waals surface area contributed by atoms with Gasteiger partial charge in [0.1, 0.15) is 0 Å². The molecule has 0 atom stereocenters. The molecule has 0 heterocycles. The summed E-state index contributed by atoms with van der Waals surface area (Å²) >= 11 is 0. The van der Waals surface area contributed by atoms with Gasteiger partial charge in [-0.2, -0.15) is 0 Å². The highest BCUT2D eigenvalue weighted by Crippen LogP contribution is 2.29. The number of amides is 1. The van der Waals surface area contributed by atoms with E-state index in [4.69, 9.17) is 10.5 Å². The van der Waals surface area contributed by atoms with Crippen LogP contribution >= 0.6 is 0 Å². The van der Waals surface area contributed by atoms with Gasteiger partial charge in [0.2, 0.25) is 0 Å². The first-order valence-corrected chi connectivity index (χ1v) is 6.00. The third kappa shape index (κ3) is 3.27. The lowest BCUT2D eigenvalue weighted by molar-refractivity contribution is -0.385. The first-order chi connectivity index (χ1) is 10.0. The fraction of sp³-hybridized carbons (Fsp3) is 0.0714. The topological polar surface area (TPSA) is 107 Å². The lowest BCUT2D eigenvalue weighted by atomic mass is 10.2. The quantitative estimate of drug-likeness (QED) is 0.510. The molecule has 7 nitrogen and oxygen atoms in total. The van der Waals surface area contributed by atoms with Crippen molar-refractivity contribution in [1.82, 2.24) is 0 Å². The molecule has 21 heavy (non-hydrogen) atoms. The van der Waals surface area contributed by atoms with Gasteiger partial charge in [0, 0.05) is 23.0 Å². The van der Waals surface area contributed by atoms with Gasteiger partial charge in [0.15, 0.2) is 5.75 Å². The minimum atomic E-state index is -0.572. The summed E-state index contributed by atoms with van der Waals surface area (Å²) in [6.07, 6.45) is 0. The maximum absolute atomic E-state index is 12.0. The Morgan fingerprint density at radius 3 is 2.48 bits per heavy atom. The summed E-state index contributed by atoms with van der Waals surface area (Å²) in [5.41, 5.74) is 6.59. The molecular weight excluding hydrogens is 274 g/mol. The Morgan fingerprint density at radius 2 is 1.90 bits per heavy atom. The Hall–Kier alpha value is -3.09. The molecule has 2 aromatic carbocycles. The van der Waals surface area contributed by atoms with Gasteiger partial charge in [-0.1, -0.05) is 0 Å². The number of carbonyl (C=O) groups excluding carboxylic acids is 1. The molecule has 0 aliphatic heterocycles. The van der Waals surface area contributed by atoms with E-state index in [2.05, 4.69) is 5.32 Å². The zero-order chi connectivity index (χ0) is 15.4. The van der Waals surface area contributed by atoms with E-state index >= 15 is 0 Å². The number of rotatable bonds is 4. The second kappa shape index (κ2) is 5.91. The molecule has 1 amide bonds. The number of nitro benzene ring substituents is 1. The van der Waals surface area contributed by atoms with Crippen LogP contribution in [0.4, 0.5) is 17.1 Å². The molecule has 0 fully saturated rings. The van der Waals surface area contributed by atoms with Crippen LogP contribution in [0.25, 0.3) is 0 Å². The van der Waals surface area contributed by atoms with Crippen LogP contribution in [0.1, 0.15) is 10.4 Å². The third-order valence-electron chi connectivity index (χ3n) is 2.81. The predicted molar refractivity (Wildman–Crippen MR) is 78.5 cm³/mol. The summed E-state index contributed by atoms with van der Waals surface area (Å²) in [5, 5.41) is 13.5. The number of nitrogens with one attached hydrogen (secondary N) is 1. The Bertz CT molecular complexity index is 683. The number of hydrogen-bond acceptors (Lipinski definition) is 5. The van der Waals surface area contributed by atoms with Crippen molar-refractivity contribution >= 4 is 23.0 Å². The summed E-state index contributed by atoms with van der Waals surface area (Å²) in [6.45, 7) is 0. The van der Waals surface area contributed by atoms with Crippen molar-refractivity contribution in [2.75, 3.05) is 18.2 Å². The van der Waals surface area contributed by atoms with Crippen molar-refractivity contribution in [3.63, 3.8) is 0 Å². The summed E-state index contributed by atoms with van der Waals surface area (Å²) in [7, 11) is 1.34. The molecule has 0 radical (unpaired) electrons. The van der Waals surface area contributed by atoms with Crippen LogP contribution in [0.5, 0.6) is 5.75 Å². The van der Waals surface area contributed by atoms with Crippen LogP contribution in [-0.4, -0.2) is 17.9 Å². The van der Waals surface area contributed by atoms with Crippen LogP contribution in [-0.2, 0) is 0 Å². The summed E-state index contributed by atoms with van der Waals surface area (Å²) in [4.78, 5) is 22.4. The predicted octanol–water partition coefficient (Wildman–Crippen LogP) is 2.44. The number of methoxy groups -OCH3 is 1. The van der Waals surface area contributed by atoms with Crippen molar-refractivity contribution in [2.24, 2.45) is 0 Å². The maximum Gasteiger partial charge on any atom is 0.312 e. The molecule has 3 N–H and O–H groups in total. The summed E-state index contributed by atoms with van der Waals surface area (Å²) < 4.78 is 4.90. The Labute approximate surface area is 120 Å². The SMILES string of the molecule is COc1ccc(NC(=O)c2ccc(N)cc2)cc1[N+](=O)[O-]. The zero-order valence-electron chi connectivity index (χ0n) is 11.2. The van der Waals surface area contributed by atoms with Gasteiger partial charge >= 0.3 is 5.69 Å². The van der Waals surface area contributed by atoms with E-state index in [0.717, 1.165) is 0 Å². The number of anilines is 2. The largest absolute Gasteiger partial charge is 0.490 e. The van der Waals surface area contributed by atoms with Crippen molar-refractivity contribution in [3.8, 4) is 5.75 Å². The zero-order valence-corrected chi connectivity index (χ0v) is 11.2. The van der Waals surface area contributed by atoms with Crippen LogP contribution in [0.15, 0.2) is 42.5 Å². The molecule has 108 valence electrons.